The van der Waals surface area contributed by atoms with Gasteiger partial charge in [0.15, 0.2) is 0 Å². The predicted octanol–water partition coefficient (Wildman–Crippen LogP) is 3.91. The molecule has 1 aliphatic heterocycles. The number of piperidine rings is 1. The third-order valence-electron chi connectivity index (χ3n) is 4.94. The van der Waals surface area contributed by atoms with E-state index in [-0.39, 0.29) is 0 Å². The minimum atomic E-state index is 0.714. The summed E-state index contributed by atoms with van der Waals surface area (Å²) in [4.78, 5) is 15.2. The minimum Gasteiger partial charge on any atom is -0.356 e. The number of thiazole rings is 1. The van der Waals surface area contributed by atoms with Crippen LogP contribution >= 0.6 is 11.3 Å². The van der Waals surface area contributed by atoms with Gasteiger partial charge in [0, 0.05) is 18.5 Å². The fourth-order valence-electron chi connectivity index (χ4n) is 3.44. The van der Waals surface area contributed by atoms with Crippen LogP contribution in [-0.4, -0.2) is 39.5 Å². The molecule has 1 fully saturated rings. The molecule has 2 N–H and O–H groups in total. The molecule has 25 heavy (non-hydrogen) atoms. The molecule has 6 heteroatoms. The van der Waals surface area contributed by atoms with Crippen molar-refractivity contribution in [1.82, 2.24) is 19.9 Å². The molecule has 132 valence electrons. The SMILES string of the molecule is CCc1nc(CN2CCC(CNc3nc4ccccc4[nH]3)CC2)cs1. The van der Waals surface area contributed by atoms with Crippen molar-refractivity contribution in [2.75, 3.05) is 25.0 Å². The molecule has 3 aromatic rings. The van der Waals surface area contributed by atoms with Crippen molar-refractivity contribution >= 4 is 28.3 Å². The molecule has 0 radical (unpaired) electrons. The Morgan fingerprint density at radius 2 is 2.08 bits per heavy atom. The second-order valence-electron chi connectivity index (χ2n) is 6.79. The van der Waals surface area contributed by atoms with Crippen LogP contribution in [0.4, 0.5) is 5.95 Å². The number of imidazole rings is 1. The number of rotatable bonds is 6. The van der Waals surface area contributed by atoms with Gasteiger partial charge in [-0.15, -0.1) is 11.3 Å². The summed E-state index contributed by atoms with van der Waals surface area (Å²) in [6.45, 7) is 6.48. The first-order valence-corrected chi connectivity index (χ1v) is 10.0. The highest BCUT2D eigenvalue weighted by atomic mass is 32.1. The highest BCUT2D eigenvalue weighted by molar-refractivity contribution is 7.09. The summed E-state index contributed by atoms with van der Waals surface area (Å²) in [6, 6.07) is 8.16. The Hall–Kier alpha value is -1.92. The minimum absolute atomic E-state index is 0.714. The van der Waals surface area contributed by atoms with Gasteiger partial charge < -0.3 is 10.3 Å². The molecular weight excluding hydrogens is 330 g/mol. The highest BCUT2D eigenvalue weighted by Gasteiger charge is 2.20. The van der Waals surface area contributed by atoms with Gasteiger partial charge in [-0.2, -0.15) is 0 Å². The molecule has 0 atom stereocenters. The van der Waals surface area contributed by atoms with E-state index in [0.29, 0.717) is 5.92 Å². The summed E-state index contributed by atoms with van der Waals surface area (Å²) in [6.07, 6.45) is 3.51. The Balaban J connectivity index is 1.24. The van der Waals surface area contributed by atoms with Crippen LogP contribution in [0, 0.1) is 5.92 Å². The fraction of sp³-hybridized carbons (Fsp3) is 0.474. The molecule has 5 nitrogen and oxygen atoms in total. The van der Waals surface area contributed by atoms with Crippen LogP contribution in [0.2, 0.25) is 0 Å². The van der Waals surface area contributed by atoms with E-state index in [1.165, 1.54) is 23.5 Å². The lowest BCUT2D eigenvalue weighted by molar-refractivity contribution is 0.181. The molecule has 1 saturated heterocycles. The topological polar surface area (TPSA) is 56.8 Å². The first kappa shape index (κ1) is 16.5. The molecule has 3 heterocycles. The Morgan fingerprint density at radius 1 is 1.24 bits per heavy atom. The van der Waals surface area contributed by atoms with E-state index in [1.54, 1.807) is 11.3 Å². The predicted molar refractivity (Wildman–Crippen MR) is 104 cm³/mol. The van der Waals surface area contributed by atoms with Gasteiger partial charge in [-0.1, -0.05) is 19.1 Å². The third-order valence-corrected chi connectivity index (χ3v) is 5.98. The van der Waals surface area contributed by atoms with Crippen LogP contribution in [-0.2, 0) is 13.0 Å². The lowest BCUT2D eigenvalue weighted by Crippen LogP contribution is -2.35. The number of aromatic nitrogens is 3. The number of hydrogen-bond donors (Lipinski definition) is 2. The largest absolute Gasteiger partial charge is 0.356 e. The summed E-state index contributed by atoms with van der Waals surface area (Å²) >= 11 is 1.79. The van der Waals surface area contributed by atoms with Gasteiger partial charge in [0.05, 0.1) is 21.7 Å². The van der Waals surface area contributed by atoms with E-state index in [2.05, 4.69) is 38.6 Å². The number of aryl methyl sites for hydroxylation is 1. The number of para-hydroxylation sites is 2. The Kier molecular flexibility index (Phi) is 4.99. The van der Waals surface area contributed by atoms with Gasteiger partial charge in [0.1, 0.15) is 0 Å². The number of hydrogen-bond acceptors (Lipinski definition) is 5. The monoisotopic (exact) mass is 355 g/mol. The zero-order chi connectivity index (χ0) is 17.1. The number of likely N-dealkylation sites (tertiary alicyclic amines) is 1. The van der Waals surface area contributed by atoms with Gasteiger partial charge in [0.25, 0.3) is 0 Å². The Labute approximate surface area is 152 Å². The normalized spacial score (nSPS) is 16.5. The van der Waals surface area contributed by atoms with Crippen LogP contribution in [0.15, 0.2) is 29.6 Å². The lowest BCUT2D eigenvalue weighted by Gasteiger charge is -2.31. The number of fused-ring (bicyclic) bond motifs is 1. The number of anilines is 1. The summed E-state index contributed by atoms with van der Waals surface area (Å²) in [5, 5.41) is 6.95. The van der Waals surface area contributed by atoms with Gasteiger partial charge in [0.2, 0.25) is 5.95 Å². The van der Waals surface area contributed by atoms with Crippen LogP contribution in [0.1, 0.15) is 30.5 Å². The Morgan fingerprint density at radius 3 is 2.84 bits per heavy atom. The van der Waals surface area contributed by atoms with E-state index >= 15 is 0 Å². The third kappa shape index (κ3) is 4.02. The lowest BCUT2D eigenvalue weighted by atomic mass is 9.97. The molecule has 0 aliphatic carbocycles. The van der Waals surface area contributed by atoms with E-state index in [9.17, 15) is 0 Å². The van der Waals surface area contributed by atoms with Gasteiger partial charge in [-0.05, 0) is 50.4 Å². The van der Waals surface area contributed by atoms with Crippen molar-refractivity contribution in [3.63, 3.8) is 0 Å². The smallest absolute Gasteiger partial charge is 0.201 e. The zero-order valence-electron chi connectivity index (χ0n) is 14.7. The van der Waals surface area contributed by atoms with Crippen molar-refractivity contribution < 1.29 is 0 Å². The summed E-state index contributed by atoms with van der Waals surface area (Å²) in [5.74, 6) is 1.60. The maximum absolute atomic E-state index is 4.69. The number of nitrogens with zero attached hydrogens (tertiary/aromatic N) is 3. The number of nitrogens with one attached hydrogen (secondary N) is 2. The second kappa shape index (κ2) is 7.54. The van der Waals surface area contributed by atoms with Crippen LogP contribution in [0.25, 0.3) is 11.0 Å². The van der Waals surface area contributed by atoms with Gasteiger partial charge in [-0.25, -0.2) is 9.97 Å². The molecule has 1 aromatic carbocycles. The number of aromatic amines is 1. The Bertz CT molecular complexity index is 783. The average molecular weight is 356 g/mol. The van der Waals surface area contributed by atoms with Crippen LogP contribution < -0.4 is 5.32 Å². The standard InChI is InChI=1S/C19H25N5S/c1-2-18-21-15(13-25-18)12-24-9-7-14(8-10-24)11-20-19-22-16-5-3-4-6-17(16)23-19/h3-6,13-14H,2,7-12H2,1H3,(H2,20,22,23). The van der Waals surface area contributed by atoms with Gasteiger partial charge in [-0.3, -0.25) is 4.90 Å². The molecule has 0 bridgehead atoms. The molecular formula is C19H25N5S. The summed E-state index contributed by atoms with van der Waals surface area (Å²) in [5.41, 5.74) is 3.35. The van der Waals surface area contributed by atoms with Crippen molar-refractivity contribution in [3.8, 4) is 0 Å². The molecule has 1 aliphatic rings. The van der Waals surface area contributed by atoms with E-state index in [0.717, 1.165) is 49.6 Å². The molecule has 0 amide bonds. The quantitative estimate of drug-likeness (QED) is 0.704. The molecule has 0 saturated carbocycles. The maximum Gasteiger partial charge on any atom is 0.201 e. The summed E-state index contributed by atoms with van der Waals surface area (Å²) < 4.78 is 0. The van der Waals surface area contributed by atoms with Gasteiger partial charge >= 0.3 is 0 Å². The first-order chi connectivity index (χ1) is 12.3. The maximum atomic E-state index is 4.69. The van der Waals surface area contributed by atoms with E-state index in [1.807, 2.05) is 18.2 Å². The molecule has 2 aromatic heterocycles. The van der Waals surface area contributed by atoms with Crippen molar-refractivity contribution in [2.24, 2.45) is 5.92 Å². The summed E-state index contributed by atoms with van der Waals surface area (Å²) in [7, 11) is 0. The number of H-pyrrole nitrogens is 1. The van der Waals surface area contributed by atoms with Crippen molar-refractivity contribution in [2.45, 2.75) is 32.7 Å². The molecule has 0 spiro atoms. The van der Waals surface area contributed by atoms with E-state index < -0.39 is 0 Å². The molecule has 0 unspecified atom stereocenters. The molecule has 4 rings (SSSR count). The van der Waals surface area contributed by atoms with E-state index in [4.69, 9.17) is 4.98 Å². The van der Waals surface area contributed by atoms with Crippen molar-refractivity contribution in [3.05, 3.63) is 40.3 Å². The van der Waals surface area contributed by atoms with Crippen LogP contribution in [0.5, 0.6) is 0 Å². The average Bonchev–Trinajstić information content (AvgIpc) is 3.27. The number of benzene rings is 1. The van der Waals surface area contributed by atoms with Crippen molar-refractivity contribution in [1.29, 1.82) is 0 Å². The highest BCUT2D eigenvalue weighted by Crippen LogP contribution is 2.21. The van der Waals surface area contributed by atoms with Crippen LogP contribution in [0.3, 0.4) is 0 Å². The second-order valence-corrected chi connectivity index (χ2v) is 7.73. The zero-order valence-corrected chi connectivity index (χ0v) is 15.5. The first-order valence-electron chi connectivity index (χ1n) is 9.14. The fourth-order valence-corrected chi connectivity index (χ4v) is 4.18.